The number of hydrogen-bond donors (Lipinski definition) is 0. The fourth-order valence-corrected chi connectivity index (χ4v) is 6.63. The zero-order chi connectivity index (χ0) is 32.3. The van der Waals surface area contributed by atoms with E-state index in [-0.39, 0.29) is 32.0 Å². The summed E-state index contributed by atoms with van der Waals surface area (Å²) in [5, 5.41) is 0.405. The first-order valence-electron chi connectivity index (χ1n) is 15.4. The Labute approximate surface area is 291 Å². The molecule has 0 radical (unpaired) electrons. The molecule has 13 heteroatoms. The summed E-state index contributed by atoms with van der Waals surface area (Å²) in [6.45, 7) is 6.48. The predicted molar refractivity (Wildman–Crippen MR) is 180 cm³/mol. The molecule has 0 aliphatic carbocycles. The van der Waals surface area contributed by atoms with Crippen LogP contribution < -0.4 is 10.3 Å². The van der Waals surface area contributed by atoms with Crippen molar-refractivity contribution in [3.8, 4) is 17.2 Å². The molecule has 7 heterocycles. The third kappa shape index (κ3) is 4.13. The van der Waals surface area contributed by atoms with Gasteiger partial charge in [0.1, 0.15) is 0 Å². The fourth-order valence-electron chi connectivity index (χ4n) is 6.63. The molecular weight excluding hydrogens is 800 g/mol. The molecule has 0 aliphatic heterocycles. The average molecular weight is 824 g/mol. The number of pyridine rings is 1. The second-order valence-corrected chi connectivity index (χ2v) is 12.7. The summed E-state index contributed by atoms with van der Waals surface area (Å²) in [5.74, 6) is 3.33. The van der Waals surface area contributed by atoms with Gasteiger partial charge in [-0.05, 0) is 51.1 Å². The largest absolute Gasteiger partial charge is 2.00 e. The van der Waals surface area contributed by atoms with Crippen LogP contribution >= 0.6 is 0 Å². The molecule has 0 spiro atoms. The van der Waals surface area contributed by atoms with Crippen LogP contribution in [0.1, 0.15) is 26.3 Å². The van der Waals surface area contributed by atoms with Crippen molar-refractivity contribution in [2.24, 2.45) is 0 Å². The van der Waals surface area contributed by atoms with Gasteiger partial charge in [0.25, 0.3) is 0 Å². The van der Waals surface area contributed by atoms with Crippen LogP contribution in [0, 0.1) is 12.1 Å². The van der Waals surface area contributed by atoms with Crippen molar-refractivity contribution in [3.05, 3.63) is 120 Å². The molecule has 0 N–H and O–H groups in total. The minimum absolute atomic E-state index is 0. The summed E-state index contributed by atoms with van der Waals surface area (Å²) >= 11 is 0. The maximum atomic E-state index is 13.6. The fraction of sp³-hybridized carbons (Fsp3) is 0.111. The topological polar surface area (TPSA) is 113 Å². The van der Waals surface area contributed by atoms with Crippen molar-refractivity contribution in [2.45, 2.75) is 26.2 Å². The van der Waals surface area contributed by atoms with Gasteiger partial charge in [0, 0.05) is 48.2 Å². The molecule has 49 heavy (non-hydrogen) atoms. The van der Waals surface area contributed by atoms with Crippen LogP contribution in [0.5, 0.6) is 11.5 Å². The molecule has 0 aliphatic rings. The Morgan fingerprint density at radius 2 is 1.41 bits per heavy atom. The minimum atomic E-state index is -0.363. The number of imidazole rings is 4. The van der Waals surface area contributed by atoms with E-state index in [1.807, 2.05) is 83.1 Å². The number of para-hydroxylation sites is 1. The van der Waals surface area contributed by atoms with E-state index in [1.54, 1.807) is 30.7 Å². The van der Waals surface area contributed by atoms with E-state index >= 15 is 0 Å². The molecule has 10 aromatic rings. The van der Waals surface area contributed by atoms with Crippen LogP contribution in [0.3, 0.4) is 0 Å². The zero-order valence-corrected chi connectivity index (χ0v) is 28.5. The number of nitrogens with zero attached hydrogens (tertiary/aromatic N) is 10. The van der Waals surface area contributed by atoms with Gasteiger partial charge < -0.3 is 4.74 Å². The number of hydrogen-bond acceptors (Lipinski definition) is 7. The smallest absolute Gasteiger partial charge is 0.509 e. The minimum Gasteiger partial charge on any atom is -0.509 e. The van der Waals surface area contributed by atoms with E-state index in [4.69, 9.17) is 14.7 Å². The Hall–Kier alpha value is -5.87. The molecule has 0 saturated heterocycles. The van der Waals surface area contributed by atoms with E-state index in [0.29, 0.717) is 56.7 Å². The Morgan fingerprint density at radius 3 is 2.18 bits per heavy atom. The van der Waals surface area contributed by atoms with Crippen molar-refractivity contribution in [2.75, 3.05) is 0 Å². The summed E-state index contributed by atoms with van der Waals surface area (Å²) in [7, 11) is 0. The van der Waals surface area contributed by atoms with Crippen LogP contribution in [0.15, 0.2) is 96.4 Å². The van der Waals surface area contributed by atoms with Crippen molar-refractivity contribution in [1.29, 1.82) is 0 Å². The Balaban J connectivity index is 0.00000325. The van der Waals surface area contributed by atoms with E-state index in [9.17, 15) is 4.79 Å². The predicted octanol–water partition coefficient (Wildman–Crippen LogP) is 5.97. The van der Waals surface area contributed by atoms with Crippen molar-refractivity contribution < 1.29 is 25.8 Å². The number of fused-ring (bicyclic) bond motifs is 13. The molecule has 7 aromatic heterocycles. The van der Waals surface area contributed by atoms with Crippen LogP contribution in [-0.2, 0) is 26.5 Å². The van der Waals surface area contributed by atoms with E-state index < -0.39 is 0 Å². The number of benzene rings is 3. The molecular formula is C36H24N10O2Pt. The van der Waals surface area contributed by atoms with Crippen molar-refractivity contribution in [1.82, 2.24) is 47.1 Å². The van der Waals surface area contributed by atoms with Gasteiger partial charge in [0.2, 0.25) is 28.7 Å². The van der Waals surface area contributed by atoms with Gasteiger partial charge in [0.15, 0.2) is 5.65 Å². The van der Waals surface area contributed by atoms with Crippen LogP contribution in [0.2, 0.25) is 0 Å². The van der Waals surface area contributed by atoms with Gasteiger partial charge in [0.05, 0.1) is 5.52 Å². The van der Waals surface area contributed by atoms with E-state index in [0.717, 1.165) is 22.3 Å². The van der Waals surface area contributed by atoms with Gasteiger partial charge in [-0.25, -0.2) is 15.0 Å². The standard InChI is InChI=1S/C36H24N10O2.Pt/c1-36(2,3)25-13-14-37-30-29(25)44(21-7-5-4-6-8-21)35-41-31(47)24-11-9-22(19-27(24)45(30)35)48-23-10-12-26-28(20-23)46-33-39-16-17-42(33)32-38-15-18-43(32)34(46)40-26;/h4-18H,1-3H3;/q-2;+2. The second kappa shape index (κ2) is 10.3. The number of aromatic nitrogens is 10. The van der Waals surface area contributed by atoms with Crippen molar-refractivity contribution in [3.63, 3.8) is 0 Å². The molecule has 0 amide bonds. The monoisotopic (exact) mass is 823 g/mol. The number of ether oxygens (including phenoxy) is 1. The van der Waals surface area contributed by atoms with E-state index in [1.165, 1.54) is 0 Å². The molecule has 10 rings (SSSR count). The van der Waals surface area contributed by atoms with Crippen LogP contribution in [0.25, 0.3) is 61.9 Å². The maximum Gasteiger partial charge on any atom is 2.00 e. The molecule has 0 saturated carbocycles. The molecule has 0 bridgehead atoms. The summed E-state index contributed by atoms with van der Waals surface area (Å²) < 4.78 is 16.0. The third-order valence-corrected chi connectivity index (χ3v) is 8.73. The van der Waals surface area contributed by atoms with Gasteiger partial charge in [-0.15, -0.1) is 30.3 Å². The summed E-state index contributed by atoms with van der Waals surface area (Å²) in [4.78, 5) is 36.9. The Kier molecular flexibility index (Phi) is 6.16. The van der Waals surface area contributed by atoms with Gasteiger partial charge in [-0.2, -0.15) is 11.1 Å². The SMILES string of the molecule is CC(C)(C)c1ccnc2c1n(-c1ccccc1)c1nc(=O)c3ccc(Oc4[c-]c5c(cc4)nc4n6ccnc6n6ccnc6n54)[c-]c3n21.[Pt+2]. The summed E-state index contributed by atoms with van der Waals surface area (Å²) in [6, 6.07) is 25.8. The molecule has 12 nitrogen and oxygen atoms in total. The number of rotatable bonds is 3. The molecule has 0 fully saturated rings. The molecule has 3 aromatic carbocycles. The summed E-state index contributed by atoms with van der Waals surface area (Å²) in [6.07, 6.45) is 8.99. The maximum absolute atomic E-state index is 13.6. The zero-order valence-electron chi connectivity index (χ0n) is 26.3. The van der Waals surface area contributed by atoms with E-state index in [2.05, 4.69) is 47.9 Å². The first-order chi connectivity index (χ1) is 23.3. The normalized spacial score (nSPS) is 12.3. The molecule has 0 unspecified atom stereocenters. The Morgan fingerprint density at radius 1 is 0.694 bits per heavy atom. The summed E-state index contributed by atoms with van der Waals surface area (Å²) in [5.41, 5.74) is 4.85. The van der Waals surface area contributed by atoms with Gasteiger partial charge >= 0.3 is 21.1 Å². The first kappa shape index (κ1) is 29.3. The third-order valence-electron chi connectivity index (χ3n) is 8.73. The second-order valence-electron chi connectivity index (χ2n) is 12.7. The first-order valence-corrected chi connectivity index (χ1v) is 15.4. The van der Waals surface area contributed by atoms with Crippen molar-refractivity contribution >= 4 is 56.2 Å². The van der Waals surface area contributed by atoms with Gasteiger partial charge in [-0.3, -0.25) is 31.9 Å². The molecule has 240 valence electrons. The van der Waals surface area contributed by atoms with Crippen LogP contribution in [-0.4, -0.2) is 47.1 Å². The molecule has 0 atom stereocenters. The van der Waals surface area contributed by atoms with Crippen LogP contribution in [0.4, 0.5) is 0 Å². The van der Waals surface area contributed by atoms with Gasteiger partial charge in [-0.1, -0.05) is 39.0 Å². The quantitative estimate of drug-likeness (QED) is 0.202. The Bertz CT molecular complexity index is 3000. The average Bonchev–Trinajstić information content (AvgIpc) is 3.87.